The van der Waals surface area contributed by atoms with Gasteiger partial charge in [0, 0.05) is 5.57 Å². The zero-order chi connectivity index (χ0) is 21.0. The molecular formula is C23H33NO2. The molecule has 0 fully saturated rings. The lowest BCUT2D eigenvalue weighted by atomic mass is 9.91. The fraction of sp³-hybridized carbons (Fsp3) is 0.304. The molecule has 142 valence electrons. The molecule has 0 aliphatic carbocycles. The predicted molar refractivity (Wildman–Crippen MR) is 114 cm³/mol. The first kappa shape index (κ1) is 28.0. The van der Waals surface area contributed by atoms with Crippen LogP contribution in [0.2, 0.25) is 0 Å². The Morgan fingerprint density at radius 1 is 0.962 bits per heavy atom. The smallest absolute Gasteiger partial charge is 0.347 e. The number of carboxylic acid groups (broad SMARTS) is 1. The molecule has 26 heavy (non-hydrogen) atoms. The van der Waals surface area contributed by atoms with Gasteiger partial charge in [0.25, 0.3) is 0 Å². The van der Waals surface area contributed by atoms with Gasteiger partial charge in [-0.2, -0.15) is 5.26 Å². The van der Waals surface area contributed by atoms with Crippen molar-refractivity contribution in [3.63, 3.8) is 0 Å². The van der Waals surface area contributed by atoms with Crippen LogP contribution < -0.4 is 0 Å². The highest BCUT2D eigenvalue weighted by molar-refractivity contribution is 5.95. The van der Waals surface area contributed by atoms with Crippen LogP contribution in [0.1, 0.15) is 48.5 Å². The van der Waals surface area contributed by atoms with Crippen LogP contribution in [0.5, 0.6) is 0 Å². The number of aliphatic carboxylic acids is 1. The first-order chi connectivity index (χ1) is 12.6. The minimum Gasteiger partial charge on any atom is -0.477 e. The third kappa shape index (κ3) is 10.8. The largest absolute Gasteiger partial charge is 0.477 e. The molecule has 3 nitrogen and oxygen atoms in total. The van der Waals surface area contributed by atoms with Gasteiger partial charge in [-0.3, -0.25) is 0 Å². The van der Waals surface area contributed by atoms with E-state index in [0.29, 0.717) is 16.7 Å². The molecule has 0 heterocycles. The number of nitrogens with zero attached hydrogens (tertiary/aromatic N) is 1. The van der Waals surface area contributed by atoms with Crippen LogP contribution in [0, 0.1) is 11.3 Å². The molecule has 0 spiro atoms. The minimum absolute atomic E-state index is 0.311. The first-order valence-corrected chi connectivity index (χ1v) is 8.86. The van der Waals surface area contributed by atoms with Crippen LogP contribution in [0.3, 0.4) is 0 Å². The number of hydrogen-bond acceptors (Lipinski definition) is 2. The van der Waals surface area contributed by atoms with Crippen molar-refractivity contribution >= 4 is 5.97 Å². The SMILES string of the molecule is C=CC(=C\C=C/C)/C(=C(/C#N)C(=O)O)C(/C=C\C=C/C)=C/C.CC.CC. The Kier molecular flexibility index (Phi) is 21.7. The van der Waals surface area contributed by atoms with Crippen LogP contribution in [0.15, 0.2) is 83.6 Å². The Balaban J connectivity index is -0.00000123. The summed E-state index contributed by atoms with van der Waals surface area (Å²) in [5.74, 6) is -1.26. The molecule has 0 radical (unpaired) electrons. The van der Waals surface area contributed by atoms with E-state index in [1.807, 2.05) is 59.8 Å². The third-order valence-electron chi connectivity index (χ3n) is 2.73. The topological polar surface area (TPSA) is 61.1 Å². The fourth-order valence-electron chi connectivity index (χ4n) is 1.71. The number of nitriles is 1. The summed E-state index contributed by atoms with van der Waals surface area (Å²) in [7, 11) is 0. The molecule has 0 atom stereocenters. The summed E-state index contributed by atoms with van der Waals surface area (Å²) in [6.07, 6.45) is 15.9. The Morgan fingerprint density at radius 2 is 1.50 bits per heavy atom. The quantitative estimate of drug-likeness (QED) is 0.313. The van der Waals surface area contributed by atoms with Gasteiger partial charge in [0.15, 0.2) is 0 Å². The Hall–Kier alpha value is -2.86. The maximum absolute atomic E-state index is 11.4. The average molecular weight is 356 g/mol. The number of rotatable bonds is 7. The van der Waals surface area contributed by atoms with Crippen LogP contribution in [0.4, 0.5) is 0 Å². The first-order valence-electron chi connectivity index (χ1n) is 8.86. The molecule has 0 saturated carbocycles. The lowest BCUT2D eigenvalue weighted by Gasteiger charge is -2.11. The zero-order valence-corrected chi connectivity index (χ0v) is 17.2. The van der Waals surface area contributed by atoms with Crippen molar-refractivity contribution in [2.24, 2.45) is 0 Å². The number of carbonyl (C=O) groups is 1. The minimum atomic E-state index is -1.26. The number of allylic oxidation sites excluding steroid dienone is 12. The van der Waals surface area contributed by atoms with Crippen LogP contribution in [0.25, 0.3) is 0 Å². The van der Waals surface area contributed by atoms with Crippen molar-refractivity contribution in [3.8, 4) is 6.07 Å². The Morgan fingerprint density at radius 3 is 1.85 bits per heavy atom. The fourth-order valence-corrected chi connectivity index (χ4v) is 1.71. The molecular weight excluding hydrogens is 322 g/mol. The zero-order valence-electron chi connectivity index (χ0n) is 17.2. The van der Waals surface area contributed by atoms with Gasteiger partial charge in [0.2, 0.25) is 0 Å². The van der Waals surface area contributed by atoms with E-state index in [1.165, 1.54) is 0 Å². The molecule has 0 aromatic heterocycles. The van der Waals surface area contributed by atoms with Crippen LogP contribution in [-0.4, -0.2) is 11.1 Å². The maximum atomic E-state index is 11.4. The van der Waals surface area contributed by atoms with E-state index in [4.69, 9.17) is 0 Å². The van der Waals surface area contributed by atoms with Crippen molar-refractivity contribution in [3.05, 3.63) is 83.6 Å². The maximum Gasteiger partial charge on any atom is 0.347 e. The highest BCUT2D eigenvalue weighted by atomic mass is 16.4. The lowest BCUT2D eigenvalue weighted by molar-refractivity contribution is -0.132. The van der Waals surface area contributed by atoms with Crippen LogP contribution >= 0.6 is 0 Å². The molecule has 0 aromatic carbocycles. The summed E-state index contributed by atoms with van der Waals surface area (Å²) in [5, 5.41) is 18.5. The second kappa shape index (κ2) is 20.2. The van der Waals surface area contributed by atoms with Crippen molar-refractivity contribution < 1.29 is 9.90 Å². The van der Waals surface area contributed by atoms with Crippen molar-refractivity contribution in [1.82, 2.24) is 0 Å². The summed E-state index contributed by atoms with van der Waals surface area (Å²) in [5.41, 5.74) is 1.27. The Labute approximate surface area is 159 Å². The molecule has 0 saturated heterocycles. The van der Waals surface area contributed by atoms with Gasteiger partial charge in [-0.25, -0.2) is 4.79 Å². The van der Waals surface area contributed by atoms with Gasteiger partial charge in [-0.05, 0) is 31.9 Å². The summed E-state index contributed by atoms with van der Waals surface area (Å²) < 4.78 is 0. The average Bonchev–Trinajstić information content (AvgIpc) is 2.68. The normalized spacial score (nSPS) is 12.7. The molecule has 3 heteroatoms. The summed E-state index contributed by atoms with van der Waals surface area (Å²) in [4.78, 5) is 11.4. The van der Waals surface area contributed by atoms with Crippen molar-refractivity contribution in [2.75, 3.05) is 0 Å². The van der Waals surface area contributed by atoms with Gasteiger partial charge in [0.05, 0.1) is 0 Å². The summed E-state index contributed by atoms with van der Waals surface area (Å²) >= 11 is 0. The van der Waals surface area contributed by atoms with E-state index in [1.54, 1.807) is 49.4 Å². The predicted octanol–water partition coefficient (Wildman–Crippen LogP) is 6.71. The van der Waals surface area contributed by atoms with Gasteiger partial charge in [0.1, 0.15) is 11.6 Å². The van der Waals surface area contributed by atoms with Crippen molar-refractivity contribution in [2.45, 2.75) is 48.5 Å². The van der Waals surface area contributed by atoms with Crippen molar-refractivity contribution in [1.29, 1.82) is 5.26 Å². The van der Waals surface area contributed by atoms with E-state index in [0.717, 1.165) is 0 Å². The standard InChI is InChI=1S/C19H21NO2.2C2H6/c1-5-9-11-13-16(8-4)18(17(14-20)19(21)22)15(7-3)12-10-6-2;2*1-2/h5-13H,3H2,1-2,4H3,(H,21,22);2*1-2H3/b9-5-,10-6-,13-11-,15-12+,16-8+,18-17+;;. The summed E-state index contributed by atoms with van der Waals surface area (Å²) in [6.45, 7) is 17.3. The van der Waals surface area contributed by atoms with Gasteiger partial charge < -0.3 is 5.11 Å². The third-order valence-corrected chi connectivity index (χ3v) is 2.73. The summed E-state index contributed by atoms with van der Waals surface area (Å²) in [6, 6.07) is 1.77. The van der Waals surface area contributed by atoms with Gasteiger partial charge in [-0.1, -0.05) is 89.0 Å². The number of carboxylic acids is 1. The van der Waals surface area contributed by atoms with E-state index >= 15 is 0 Å². The van der Waals surface area contributed by atoms with Crippen LogP contribution in [-0.2, 0) is 4.79 Å². The van der Waals surface area contributed by atoms with E-state index < -0.39 is 5.97 Å². The van der Waals surface area contributed by atoms with E-state index in [-0.39, 0.29) is 5.57 Å². The van der Waals surface area contributed by atoms with Gasteiger partial charge in [-0.15, -0.1) is 0 Å². The molecule has 1 N–H and O–H groups in total. The van der Waals surface area contributed by atoms with E-state index in [9.17, 15) is 15.2 Å². The molecule has 0 amide bonds. The Bertz CT molecular complexity index is 634. The molecule has 0 bridgehead atoms. The monoisotopic (exact) mass is 355 g/mol. The second-order valence-electron chi connectivity index (χ2n) is 4.15. The number of hydrogen-bond donors (Lipinski definition) is 1. The molecule has 0 aliphatic heterocycles. The highest BCUT2D eigenvalue weighted by Gasteiger charge is 2.18. The molecule has 0 unspecified atom stereocenters. The van der Waals surface area contributed by atoms with Gasteiger partial charge >= 0.3 is 5.97 Å². The molecule has 0 rings (SSSR count). The molecule has 0 aliphatic rings. The molecule has 0 aromatic rings. The highest BCUT2D eigenvalue weighted by Crippen LogP contribution is 2.26. The second-order valence-corrected chi connectivity index (χ2v) is 4.15. The van der Waals surface area contributed by atoms with E-state index in [2.05, 4.69) is 6.58 Å². The lowest BCUT2D eigenvalue weighted by Crippen LogP contribution is -2.06.